The minimum absolute atomic E-state index is 0.160. The van der Waals surface area contributed by atoms with E-state index < -0.39 is 0 Å². The number of amides is 1. The Labute approximate surface area is 133 Å². The maximum atomic E-state index is 12.8. The molecule has 4 heteroatoms. The quantitative estimate of drug-likeness (QED) is 0.928. The molecule has 0 bridgehead atoms. The summed E-state index contributed by atoms with van der Waals surface area (Å²) in [6.07, 6.45) is 1.33. The summed E-state index contributed by atoms with van der Waals surface area (Å²) in [5, 5.41) is 9.57. The zero-order chi connectivity index (χ0) is 16.2. The van der Waals surface area contributed by atoms with Crippen molar-refractivity contribution in [2.45, 2.75) is 51.8 Å². The molecule has 1 aromatic rings. The third-order valence-corrected chi connectivity index (χ3v) is 4.21. The van der Waals surface area contributed by atoms with Crippen molar-refractivity contribution in [3.8, 4) is 0 Å². The predicted octanol–water partition coefficient (Wildman–Crippen LogP) is 2.27. The van der Waals surface area contributed by atoms with Gasteiger partial charge in [-0.3, -0.25) is 9.69 Å². The number of aliphatic hydroxyl groups excluding tert-OH is 1. The van der Waals surface area contributed by atoms with Gasteiger partial charge in [0.2, 0.25) is 5.91 Å². The summed E-state index contributed by atoms with van der Waals surface area (Å²) in [6.45, 7) is 8.91. The fraction of sp³-hybridized carbons (Fsp3) is 0.611. The van der Waals surface area contributed by atoms with E-state index in [9.17, 15) is 9.90 Å². The number of carbonyl (C=O) groups excluding carboxylic acids is 1. The van der Waals surface area contributed by atoms with Gasteiger partial charge in [-0.25, -0.2) is 0 Å². The van der Waals surface area contributed by atoms with Gasteiger partial charge in [0.1, 0.15) is 0 Å². The van der Waals surface area contributed by atoms with Gasteiger partial charge in [-0.2, -0.15) is 0 Å². The molecule has 1 saturated heterocycles. The van der Waals surface area contributed by atoms with E-state index in [4.69, 9.17) is 0 Å². The molecule has 0 saturated carbocycles. The van der Waals surface area contributed by atoms with E-state index >= 15 is 0 Å². The predicted molar refractivity (Wildman–Crippen MR) is 88.4 cm³/mol. The van der Waals surface area contributed by atoms with Crippen molar-refractivity contribution < 1.29 is 9.90 Å². The van der Waals surface area contributed by atoms with Crippen molar-refractivity contribution >= 4 is 5.91 Å². The number of nitrogens with zero attached hydrogens (tertiary/aromatic N) is 2. The topological polar surface area (TPSA) is 43.8 Å². The van der Waals surface area contributed by atoms with Crippen molar-refractivity contribution in [3.05, 3.63) is 35.9 Å². The lowest BCUT2D eigenvalue weighted by atomic mass is 10.0. The molecule has 1 aliphatic rings. The molecule has 2 rings (SSSR count). The van der Waals surface area contributed by atoms with Gasteiger partial charge in [-0.05, 0) is 39.2 Å². The molecule has 122 valence electrons. The summed E-state index contributed by atoms with van der Waals surface area (Å²) in [6, 6.07) is 10.1. The summed E-state index contributed by atoms with van der Waals surface area (Å²) >= 11 is 0. The highest BCUT2D eigenvalue weighted by molar-refractivity contribution is 5.79. The number of rotatable bonds is 4. The molecule has 1 amide bonds. The van der Waals surface area contributed by atoms with Crippen LogP contribution in [0.2, 0.25) is 0 Å². The Kier molecular flexibility index (Phi) is 5.59. The normalized spacial score (nSPS) is 17.5. The van der Waals surface area contributed by atoms with Crippen LogP contribution >= 0.6 is 0 Å². The van der Waals surface area contributed by atoms with Crippen molar-refractivity contribution in [1.29, 1.82) is 0 Å². The minimum Gasteiger partial charge on any atom is -0.393 e. The van der Waals surface area contributed by atoms with E-state index in [1.54, 1.807) is 0 Å². The van der Waals surface area contributed by atoms with Crippen molar-refractivity contribution in [2.75, 3.05) is 19.6 Å². The van der Waals surface area contributed by atoms with Gasteiger partial charge in [0, 0.05) is 25.2 Å². The van der Waals surface area contributed by atoms with Crippen LogP contribution in [-0.4, -0.2) is 52.1 Å². The van der Waals surface area contributed by atoms with Crippen LogP contribution in [0.5, 0.6) is 0 Å². The number of hydrogen-bond donors (Lipinski definition) is 1. The maximum Gasteiger partial charge on any atom is 0.237 e. The first-order valence-electron chi connectivity index (χ1n) is 8.11. The minimum atomic E-state index is -0.206. The Morgan fingerprint density at radius 1 is 1.23 bits per heavy atom. The summed E-state index contributed by atoms with van der Waals surface area (Å²) in [5.74, 6) is 0.160. The summed E-state index contributed by atoms with van der Waals surface area (Å²) < 4.78 is 0. The van der Waals surface area contributed by atoms with E-state index in [1.807, 2.05) is 23.1 Å². The molecule has 1 fully saturated rings. The Morgan fingerprint density at radius 2 is 1.82 bits per heavy atom. The molecule has 0 radical (unpaired) electrons. The molecule has 22 heavy (non-hydrogen) atoms. The highest BCUT2D eigenvalue weighted by Crippen LogP contribution is 2.19. The average Bonchev–Trinajstić information content (AvgIpc) is 2.47. The van der Waals surface area contributed by atoms with Gasteiger partial charge < -0.3 is 10.0 Å². The third kappa shape index (κ3) is 4.82. The number of aliphatic hydroxyl groups is 1. The highest BCUT2D eigenvalue weighted by atomic mass is 16.3. The smallest absolute Gasteiger partial charge is 0.237 e. The van der Waals surface area contributed by atoms with E-state index in [-0.39, 0.29) is 17.6 Å². The van der Waals surface area contributed by atoms with Crippen molar-refractivity contribution in [3.63, 3.8) is 0 Å². The van der Waals surface area contributed by atoms with Gasteiger partial charge in [-0.15, -0.1) is 0 Å². The summed E-state index contributed by atoms with van der Waals surface area (Å²) in [7, 11) is 0. The molecule has 4 nitrogen and oxygen atoms in total. The number of carbonyl (C=O) groups is 1. The van der Waals surface area contributed by atoms with Crippen LogP contribution in [0.1, 0.15) is 39.2 Å². The standard InChI is InChI=1S/C18H28N2O2/c1-18(2,3)20(13-15-7-5-4-6-8-15)17(22)14-19-11-9-16(21)10-12-19/h4-8,16,21H,9-14H2,1-3H3. The van der Waals surface area contributed by atoms with E-state index in [1.165, 1.54) is 0 Å². The molecular formula is C18H28N2O2. The monoisotopic (exact) mass is 304 g/mol. The van der Waals surface area contributed by atoms with Gasteiger partial charge in [0.15, 0.2) is 0 Å². The lowest BCUT2D eigenvalue weighted by Crippen LogP contribution is -2.50. The van der Waals surface area contributed by atoms with Gasteiger partial charge in [-0.1, -0.05) is 30.3 Å². The number of likely N-dealkylation sites (tertiary alicyclic amines) is 1. The van der Waals surface area contributed by atoms with E-state index in [0.29, 0.717) is 13.1 Å². The Morgan fingerprint density at radius 3 is 2.36 bits per heavy atom. The van der Waals surface area contributed by atoms with Crippen LogP contribution in [0.3, 0.4) is 0 Å². The van der Waals surface area contributed by atoms with Crippen LogP contribution in [0.25, 0.3) is 0 Å². The van der Waals surface area contributed by atoms with Crippen LogP contribution < -0.4 is 0 Å². The molecule has 0 aliphatic carbocycles. The molecule has 0 spiro atoms. The second-order valence-corrected chi connectivity index (χ2v) is 7.14. The number of benzene rings is 1. The van der Waals surface area contributed by atoms with Crippen LogP contribution in [0.15, 0.2) is 30.3 Å². The number of piperidine rings is 1. The first-order valence-corrected chi connectivity index (χ1v) is 8.11. The molecule has 0 unspecified atom stereocenters. The summed E-state index contributed by atoms with van der Waals surface area (Å²) in [5.41, 5.74) is 0.947. The van der Waals surface area contributed by atoms with Gasteiger partial charge in [0.05, 0.1) is 12.6 Å². The fourth-order valence-corrected chi connectivity index (χ4v) is 2.82. The molecular weight excluding hydrogens is 276 g/mol. The van der Waals surface area contributed by atoms with Crippen LogP contribution in [0, 0.1) is 0 Å². The molecule has 1 aromatic carbocycles. The third-order valence-electron chi connectivity index (χ3n) is 4.21. The summed E-state index contributed by atoms with van der Waals surface area (Å²) in [4.78, 5) is 16.9. The first-order chi connectivity index (χ1) is 10.4. The second-order valence-electron chi connectivity index (χ2n) is 7.14. The van der Waals surface area contributed by atoms with Gasteiger partial charge in [0.25, 0.3) is 0 Å². The molecule has 0 atom stereocenters. The van der Waals surface area contributed by atoms with Crippen molar-refractivity contribution in [1.82, 2.24) is 9.80 Å². The Hall–Kier alpha value is -1.39. The Bertz CT molecular complexity index is 474. The first kappa shape index (κ1) is 17.0. The Balaban J connectivity index is 2.01. The molecule has 0 aromatic heterocycles. The lowest BCUT2D eigenvalue weighted by molar-refractivity contribution is -0.138. The van der Waals surface area contributed by atoms with Gasteiger partial charge >= 0.3 is 0 Å². The van der Waals surface area contributed by atoms with E-state index in [0.717, 1.165) is 31.5 Å². The van der Waals surface area contributed by atoms with Crippen LogP contribution in [0.4, 0.5) is 0 Å². The molecule has 1 N–H and O–H groups in total. The fourth-order valence-electron chi connectivity index (χ4n) is 2.82. The highest BCUT2D eigenvalue weighted by Gasteiger charge is 2.28. The molecule has 1 aliphatic heterocycles. The maximum absolute atomic E-state index is 12.8. The van der Waals surface area contributed by atoms with Crippen LogP contribution in [-0.2, 0) is 11.3 Å². The largest absolute Gasteiger partial charge is 0.393 e. The average molecular weight is 304 g/mol. The van der Waals surface area contributed by atoms with Crippen molar-refractivity contribution in [2.24, 2.45) is 0 Å². The zero-order valence-corrected chi connectivity index (χ0v) is 14.0. The second kappa shape index (κ2) is 7.25. The lowest BCUT2D eigenvalue weighted by Gasteiger charge is -2.38. The van der Waals surface area contributed by atoms with E-state index in [2.05, 4.69) is 37.8 Å². The zero-order valence-electron chi connectivity index (χ0n) is 14.0. The SMILES string of the molecule is CC(C)(C)N(Cc1ccccc1)C(=O)CN1CCC(O)CC1. The number of hydrogen-bond acceptors (Lipinski definition) is 3. The molecule has 1 heterocycles.